The van der Waals surface area contributed by atoms with Crippen molar-refractivity contribution in [1.29, 1.82) is 0 Å². The summed E-state index contributed by atoms with van der Waals surface area (Å²) in [6.45, 7) is 4.07. The highest BCUT2D eigenvalue weighted by Gasteiger charge is 2.40. The SMILES string of the molecule is O=C(c1ccn[nH]1)N1CCC[C@@]2(COCCN(c3cccc(F)c3)C2)C1. The molecule has 1 aromatic carbocycles. The van der Waals surface area contributed by atoms with Gasteiger partial charge in [-0.1, -0.05) is 6.07 Å². The van der Waals surface area contributed by atoms with Crippen LogP contribution in [0.4, 0.5) is 10.1 Å². The number of aromatic amines is 1. The fourth-order valence-electron chi connectivity index (χ4n) is 4.06. The first-order valence-corrected chi connectivity index (χ1v) is 9.02. The minimum Gasteiger partial charge on any atom is -0.379 e. The van der Waals surface area contributed by atoms with Gasteiger partial charge in [0.2, 0.25) is 0 Å². The van der Waals surface area contributed by atoms with Crippen LogP contribution in [0.5, 0.6) is 0 Å². The Morgan fingerprint density at radius 1 is 1.27 bits per heavy atom. The first kappa shape index (κ1) is 17.0. The van der Waals surface area contributed by atoms with E-state index in [4.69, 9.17) is 4.74 Å². The second kappa shape index (κ2) is 7.07. The molecule has 3 heterocycles. The quantitative estimate of drug-likeness (QED) is 0.895. The number of aromatic nitrogens is 2. The summed E-state index contributed by atoms with van der Waals surface area (Å²) in [5.74, 6) is -0.260. The number of rotatable bonds is 2. The van der Waals surface area contributed by atoms with Gasteiger partial charge in [-0.05, 0) is 37.1 Å². The molecule has 2 fully saturated rings. The van der Waals surface area contributed by atoms with E-state index in [0.717, 1.165) is 38.2 Å². The second-order valence-corrected chi connectivity index (χ2v) is 7.25. The van der Waals surface area contributed by atoms with Crippen molar-refractivity contribution >= 4 is 11.6 Å². The Morgan fingerprint density at radius 2 is 2.19 bits per heavy atom. The molecular weight excluding hydrogens is 335 g/mol. The number of amides is 1. The van der Waals surface area contributed by atoms with Crippen molar-refractivity contribution in [1.82, 2.24) is 15.1 Å². The number of carbonyl (C=O) groups is 1. The highest BCUT2D eigenvalue weighted by atomic mass is 19.1. The molecule has 1 spiro atoms. The molecule has 2 aromatic rings. The maximum atomic E-state index is 13.7. The summed E-state index contributed by atoms with van der Waals surface area (Å²) < 4.78 is 19.6. The molecule has 0 saturated carbocycles. The number of H-pyrrole nitrogens is 1. The summed E-state index contributed by atoms with van der Waals surface area (Å²) in [6.07, 6.45) is 3.51. The van der Waals surface area contributed by atoms with E-state index in [1.807, 2.05) is 11.0 Å². The molecule has 1 amide bonds. The molecule has 2 saturated heterocycles. The third-order valence-corrected chi connectivity index (χ3v) is 5.29. The number of hydrogen-bond acceptors (Lipinski definition) is 4. The zero-order valence-corrected chi connectivity index (χ0v) is 14.7. The molecule has 0 aliphatic carbocycles. The number of carbonyl (C=O) groups excluding carboxylic acids is 1. The molecule has 1 aromatic heterocycles. The molecule has 138 valence electrons. The smallest absolute Gasteiger partial charge is 0.271 e. The maximum Gasteiger partial charge on any atom is 0.271 e. The normalized spacial score (nSPS) is 23.9. The van der Waals surface area contributed by atoms with Crippen molar-refractivity contribution in [3.05, 3.63) is 48.0 Å². The first-order chi connectivity index (χ1) is 12.7. The van der Waals surface area contributed by atoms with E-state index in [0.29, 0.717) is 25.5 Å². The van der Waals surface area contributed by atoms with E-state index < -0.39 is 0 Å². The lowest BCUT2D eigenvalue weighted by Crippen LogP contribution is -2.52. The lowest BCUT2D eigenvalue weighted by molar-refractivity contribution is 0.0133. The zero-order chi connectivity index (χ0) is 18.0. The van der Waals surface area contributed by atoms with Crippen LogP contribution in [0.2, 0.25) is 0 Å². The monoisotopic (exact) mass is 358 g/mol. The number of ether oxygens (including phenoxy) is 1. The van der Waals surface area contributed by atoms with Crippen LogP contribution in [0.15, 0.2) is 36.5 Å². The van der Waals surface area contributed by atoms with Gasteiger partial charge in [0.05, 0.1) is 13.2 Å². The van der Waals surface area contributed by atoms with E-state index in [-0.39, 0.29) is 17.1 Å². The summed E-state index contributed by atoms with van der Waals surface area (Å²) in [5.41, 5.74) is 1.24. The molecular formula is C19H23FN4O2. The highest BCUT2D eigenvalue weighted by Crippen LogP contribution is 2.35. The number of hydrogen-bond donors (Lipinski definition) is 1. The minimum atomic E-state index is -0.235. The second-order valence-electron chi connectivity index (χ2n) is 7.25. The fourth-order valence-corrected chi connectivity index (χ4v) is 4.06. The summed E-state index contributed by atoms with van der Waals surface area (Å²) in [5, 5.41) is 6.63. The number of halogens is 1. The lowest BCUT2D eigenvalue weighted by Gasteiger charge is -2.43. The molecule has 2 aliphatic rings. The van der Waals surface area contributed by atoms with E-state index in [2.05, 4.69) is 15.1 Å². The van der Waals surface area contributed by atoms with Gasteiger partial charge < -0.3 is 14.5 Å². The van der Waals surface area contributed by atoms with Gasteiger partial charge in [0.15, 0.2) is 0 Å². The van der Waals surface area contributed by atoms with E-state index in [9.17, 15) is 9.18 Å². The van der Waals surface area contributed by atoms with Crippen LogP contribution in [0, 0.1) is 11.2 Å². The largest absolute Gasteiger partial charge is 0.379 e. The van der Waals surface area contributed by atoms with Gasteiger partial charge in [0.25, 0.3) is 5.91 Å². The van der Waals surface area contributed by atoms with Crippen molar-refractivity contribution in [3.8, 4) is 0 Å². The number of benzene rings is 1. The topological polar surface area (TPSA) is 61.5 Å². The number of likely N-dealkylation sites (tertiary alicyclic amines) is 1. The summed E-state index contributed by atoms with van der Waals surface area (Å²) in [6, 6.07) is 8.39. The Bertz CT molecular complexity index is 767. The molecule has 6 nitrogen and oxygen atoms in total. The van der Waals surface area contributed by atoms with Crippen LogP contribution < -0.4 is 4.90 Å². The van der Waals surface area contributed by atoms with E-state index in [1.54, 1.807) is 24.4 Å². The molecule has 4 rings (SSSR count). The molecule has 2 aliphatic heterocycles. The van der Waals surface area contributed by atoms with Crippen molar-refractivity contribution < 1.29 is 13.9 Å². The van der Waals surface area contributed by atoms with Gasteiger partial charge in [-0.2, -0.15) is 5.10 Å². The maximum absolute atomic E-state index is 13.7. The number of piperidine rings is 1. The van der Waals surface area contributed by atoms with Gasteiger partial charge in [0.1, 0.15) is 11.5 Å². The number of nitrogens with one attached hydrogen (secondary N) is 1. The van der Waals surface area contributed by atoms with Gasteiger partial charge in [-0.3, -0.25) is 9.89 Å². The van der Waals surface area contributed by atoms with Crippen LogP contribution in [-0.2, 0) is 4.74 Å². The van der Waals surface area contributed by atoms with Crippen LogP contribution >= 0.6 is 0 Å². The van der Waals surface area contributed by atoms with E-state index >= 15 is 0 Å². The minimum absolute atomic E-state index is 0.0249. The van der Waals surface area contributed by atoms with Crippen LogP contribution in [0.25, 0.3) is 0 Å². The predicted molar refractivity (Wildman–Crippen MR) is 95.6 cm³/mol. The molecule has 1 atom stereocenters. The Hall–Kier alpha value is -2.41. The van der Waals surface area contributed by atoms with Crippen molar-refractivity contribution in [3.63, 3.8) is 0 Å². The molecule has 7 heteroatoms. The van der Waals surface area contributed by atoms with Crippen LogP contribution in [0.3, 0.4) is 0 Å². The van der Waals surface area contributed by atoms with Gasteiger partial charge in [0, 0.05) is 43.5 Å². The van der Waals surface area contributed by atoms with Crippen LogP contribution in [-0.4, -0.2) is 60.4 Å². The summed E-state index contributed by atoms with van der Waals surface area (Å²) in [7, 11) is 0. The van der Waals surface area contributed by atoms with E-state index in [1.165, 1.54) is 6.07 Å². The molecule has 0 radical (unpaired) electrons. The average Bonchev–Trinajstić information content (AvgIpc) is 3.11. The molecule has 1 N–H and O–H groups in total. The Balaban J connectivity index is 1.54. The average molecular weight is 358 g/mol. The fraction of sp³-hybridized carbons (Fsp3) is 0.474. The summed E-state index contributed by atoms with van der Waals surface area (Å²) >= 11 is 0. The van der Waals surface area contributed by atoms with Crippen molar-refractivity contribution in [2.24, 2.45) is 5.41 Å². The molecule has 0 bridgehead atoms. The highest BCUT2D eigenvalue weighted by molar-refractivity contribution is 5.92. The predicted octanol–water partition coefficient (Wildman–Crippen LogP) is 2.31. The molecule has 26 heavy (non-hydrogen) atoms. The molecule has 0 unspecified atom stereocenters. The third-order valence-electron chi connectivity index (χ3n) is 5.29. The lowest BCUT2D eigenvalue weighted by atomic mass is 9.80. The third kappa shape index (κ3) is 3.44. The Labute approximate surface area is 151 Å². The van der Waals surface area contributed by atoms with Crippen LogP contribution in [0.1, 0.15) is 23.3 Å². The van der Waals surface area contributed by atoms with Gasteiger partial charge >= 0.3 is 0 Å². The van der Waals surface area contributed by atoms with Crippen molar-refractivity contribution in [2.45, 2.75) is 12.8 Å². The Morgan fingerprint density at radius 3 is 3.00 bits per heavy atom. The number of nitrogens with zero attached hydrogens (tertiary/aromatic N) is 3. The summed E-state index contributed by atoms with van der Waals surface area (Å²) in [4.78, 5) is 16.8. The van der Waals surface area contributed by atoms with Gasteiger partial charge in [-0.15, -0.1) is 0 Å². The first-order valence-electron chi connectivity index (χ1n) is 9.02. The standard InChI is InChI=1S/C19H23FN4O2/c20-15-3-1-4-16(11-15)23-9-10-26-14-19(12-23)6-2-8-24(13-19)18(25)17-5-7-21-22-17/h1,3-5,7,11H,2,6,8-10,12-14H2,(H,21,22)/t19-/m0/s1. The zero-order valence-electron chi connectivity index (χ0n) is 14.7. The van der Waals surface area contributed by atoms with Gasteiger partial charge in [-0.25, -0.2) is 4.39 Å². The number of anilines is 1. The van der Waals surface area contributed by atoms with Crippen molar-refractivity contribution in [2.75, 3.05) is 44.3 Å². The Kier molecular flexibility index (Phi) is 4.63.